The number of aromatic nitrogens is 1. The quantitative estimate of drug-likeness (QED) is 0.559. The Morgan fingerprint density at radius 2 is 2.28 bits per heavy atom. The average molecular weight is 267 g/mol. The van der Waals surface area contributed by atoms with Crippen LogP contribution < -0.4 is 11.1 Å². The van der Waals surface area contributed by atoms with Gasteiger partial charge in [-0.25, -0.2) is 0 Å². The molecule has 0 radical (unpaired) electrons. The molecule has 1 aromatic rings. The molecule has 0 saturated heterocycles. The number of anilines is 1. The van der Waals surface area contributed by atoms with Crippen molar-refractivity contribution in [2.24, 2.45) is 5.73 Å². The SMILES string of the molecule is CC(C)OCCCCNc1ccnc(C(N)=S)c1. The number of thiocarbonyl (C=S) groups is 1. The molecule has 18 heavy (non-hydrogen) atoms. The lowest BCUT2D eigenvalue weighted by atomic mass is 10.3. The van der Waals surface area contributed by atoms with Gasteiger partial charge in [0.05, 0.1) is 11.8 Å². The summed E-state index contributed by atoms with van der Waals surface area (Å²) in [6, 6.07) is 3.78. The van der Waals surface area contributed by atoms with E-state index in [0.29, 0.717) is 16.8 Å². The van der Waals surface area contributed by atoms with Crippen molar-refractivity contribution in [3.05, 3.63) is 24.0 Å². The van der Waals surface area contributed by atoms with Crippen LogP contribution in [-0.2, 0) is 4.74 Å². The second kappa shape index (κ2) is 8.00. The molecule has 5 heteroatoms. The number of hydrogen-bond acceptors (Lipinski definition) is 4. The van der Waals surface area contributed by atoms with E-state index in [-0.39, 0.29) is 0 Å². The number of hydrogen-bond donors (Lipinski definition) is 2. The van der Waals surface area contributed by atoms with E-state index >= 15 is 0 Å². The summed E-state index contributed by atoms with van der Waals surface area (Å²) >= 11 is 4.89. The van der Waals surface area contributed by atoms with Crippen LogP contribution in [0.2, 0.25) is 0 Å². The Kier molecular flexibility index (Phi) is 6.60. The Hall–Kier alpha value is -1.20. The zero-order valence-electron chi connectivity index (χ0n) is 11.0. The van der Waals surface area contributed by atoms with E-state index in [9.17, 15) is 0 Å². The van der Waals surface area contributed by atoms with Crippen LogP contribution in [0, 0.1) is 0 Å². The van der Waals surface area contributed by atoms with Gasteiger partial charge in [-0.05, 0) is 38.8 Å². The predicted octanol–water partition coefficient (Wildman–Crippen LogP) is 2.33. The van der Waals surface area contributed by atoms with Gasteiger partial charge in [0.2, 0.25) is 0 Å². The van der Waals surface area contributed by atoms with Crippen molar-refractivity contribution in [3.8, 4) is 0 Å². The van der Waals surface area contributed by atoms with Crippen molar-refractivity contribution in [2.45, 2.75) is 32.8 Å². The molecule has 100 valence electrons. The van der Waals surface area contributed by atoms with E-state index in [1.54, 1.807) is 6.20 Å². The molecule has 1 heterocycles. The Bertz CT molecular complexity index is 382. The van der Waals surface area contributed by atoms with E-state index in [0.717, 1.165) is 31.7 Å². The Morgan fingerprint density at radius 1 is 1.50 bits per heavy atom. The highest BCUT2D eigenvalue weighted by Gasteiger charge is 1.99. The van der Waals surface area contributed by atoms with Gasteiger partial charge in [0.25, 0.3) is 0 Å². The van der Waals surface area contributed by atoms with Gasteiger partial charge in [-0.15, -0.1) is 0 Å². The second-order valence-corrected chi connectivity index (χ2v) is 4.79. The summed E-state index contributed by atoms with van der Waals surface area (Å²) in [6.45, 7) is 5.81. The maximum Gasteiger partial charge on any atom is 0.122 e. The van der Waals surface area contributed by atoms with Crippen molar-refractivity contribution in [3.63, 3.8) is 0 Å². The third-order valence-electron chi connectivity index (χ3n) is 2.36. The lowest BCUT2D eigenvalue weighted by Gasteiger charge is -2.09. The molecule has 3 N–H and O–H groups in total. The first-order valence-electron chi connectivity index (χ1n) is 6.21. The molecule has 0 amide bonds. The number of rotatable bonds is 8. The fourth-order valence-electron chi connectivity index (χ4n) is 1.45. The van der Waals surface area contributed by atoms with Gasteiger partial charge in [0.15, 0.2) is 0 Å². The predicted molar refractivity (Wildman–Crippen MR) is 78.9 cm³/mol. The summed E-state index contributed by atoms with van der Waals surface area (Å²) in [7, 11) is 0. The van der Waals surface area contributed by atoms with Crippen LogP contribution in [0.25, 0.3) is 0 Å². The van der Waals surface area contributed by atoms with E-state index in [1.807, 2.05) is 26.0 Å². The molecule has 0 bridgehead atoms. The van der Waals surface area contributed by atoms with E-state index in [4.69, 9.17) is 22.7 Å². The fourth-order valence-corrected chi connectivity index (χ4v) is 1.57. The van der Waals surface area contributed by atoms with Crippen LogP contribution in [0.5, 0.6) is 0 Å². The molecular formula is C13H21N3OS. The van der Waals surface area contributed by atoms with Gasteiger partial charge in [0.1, 0.15) is 4.99 Å². The highest BCUT2D eigenvalue weighted by molar-refractivity contribution is 7.80. The summed E-state index contributed by atoms with van der Waals surface area (Å²) in [5.74, 6) is 0. The number of unbranched alkanes of at least 4 members (excludes halogenated alkanes) is 1. The van der Waals surface area contributed by atoms with Crippen LogP contribution in [0.4, 0.5) is 5.69 Å². The van der Waals surface area contributed by atoms with Crippen LogP contribution in [0.3, 0.4) is 0 Å². The van der Waals surface area contributed by atoms with E-state index in [1.165, 1.54) is 0 Å². The highest BCUT2D eigenvalue weighted by Crippen LogP contribution is 2.08. The van der Waals surface area contributed by atoms with Crippen LogP contribution in [0.15, 0.2) is 18.3 Å². The van der Waals surface area contributed by atoms with Crippen molar-refractivity contribution in [1.82, 2.24) is 4.98 Å². The summed E-state index contributed by atoms with van der Waals surface area (Å²) in [5, 5.41) is 3.32. The molecule has 1 rings (SSSR count). The third-order valence-corrected chi connectivity index (χ3v) is 2.57. The largest absolute Gasteiger partial charge is 0.388 e. The van der Waals surface area contributed by atoms with Crippen LogP contribution in [-0.4, -0.2) is 29.2 Å². The van der Waals surface area contributed by atoms with Crippen molar-refractivity contribution < 1.29 is 4.74 Å². The molecule has 0 atom stereocenters. The van der Waals surface area contributed by atoms with Crippen molar-refractivity contribution >= 4 is 22.9 Å². The molecule has 0 spiro atoms. The summed E-state index contributed by atoms with van der Waals surface area (Å²) in [5.41, 5.74) is 7.18. The van der Waals surface area contributed by atoms with Crippen LogP contribution in [0.1, 0.15) is 32.4 Å². The van der Waals surface area contributed by atoms with Gasteiger partial charge in [-0.3, -0.25) is 4.98 Å². The van der Waals surface area contributed by atoms with Gasteiger partial charge in [0, 0.05) is 25.0 Å². The number of ether oxygens (including phenoxy) is 1. The molecule has 0 aliphatic rings. The Morgan fingerprint density at radius 3 is 2.94 bits per heavy atom. The third kappa shape index (κ3) is 5.93. The number of nitrogens with two attached hydrogens (primary N) is 1. The molecular weight excluding hydrogens is 246 g/mol. The molecule has 4 nitrogen and oxygen atoms in total. The Labute approximate surface area is 114 Å². The lowest BCUT2D eigenvalue weighted by molar-refractivity contribution is 0.0765. The molecule has 1 aromatic heterocycles. The molecule has 0 unspecified atom stereocenters. The Balaban J connectivity index is 2.23. The van der Waals surface area contributed by atoms with Gasteiger partial charge in [-0.2, -0.15) is 0 Å². The topological polar surface area (TPSA) is 60.2 Å². The minimum atomic E-state index is 0.311. The monoisotopic (exact) mass is 267 g/mol. The van der Waals surface area contributed by atoms with Crippen LogP contribution >= 0.6 is 12.2 Å². The van der Waals surface area contributed by atoms with Crippen molar-refractivity contribution in [1.29, 1.82) is 0 Å². The lowest BCUT2D eigenvalue weighted by Crippen LogP contribution is -2.12. The molecule has 0 saturated carbocycles. The number of nitrogens with zero attached hydrogens (tertiary/aromatic N) is 1. The second-order valence-electron chi connectivity index (χ2n) is 4.35. The fraction of sp³-hybridized carbons (Fsp3) is 0.538. The number of nitrogens with one attached hydrogen (secondary N) is 1. The molecule has 0 aliphatic heterocycles. The summed E-state index contributed by atoms with van der Waals surface area (Å²) in [6.07, 6.45) is 4.14. The maximum atomic E-state index is 5.53. The summed E-state index contributed by atoms with van der Waals surface area (Å²) < 4.78 is 5.47. The van der Waals surface area contributed by atoms with E-state index < -0.39 is 0 Å². The highest BCUT2D eigenvalue weighted by atomic mass is 32.1. The first-order chi connectivity index (χ1) is 8.59. The van der Waals surface area contributed by atoms with Gasteiger partial charge >= 0.3 is 0 Å². The van der Waals surface area contributed by atoms with Gasteiger partial charge < -0.3 is 15.8 Å². The maximum absolute atomic E-state index is 5.53. The smallest absolute Gasteiger partial charge is 0.122 e. The molecule has 0 fully saturated rings. The normalized spacial score (nSPS) is 10.6. The summed E-state index contributed by atoms with van der Waals surface area (Å²) in [4.78, 5) is 4.41. The molecule has 0 aromatic carbocycles. The number of pyridine rings is 1. The van der Waals surface area contributed by atoms with Gasteiger partial charge in [-0.1, -0.05) is 12.2 Å². The zero-order chi connectivity index (χ0) is 13.4. The first-order valence-corrected chi connectivity index (χ1v) is 6.61. The minimum absolute atomic E-state index is 0.311. The van der Waals surface area contributed by atoms with Crippen molar-refractivity contribution in [2.75, 3.05) is 18.5 Å². The van der Waals surface area contributed by atoms with E-state index in [2.05, 4.69) is 10.3 Å². The molecule has 0 aliphatic carbocycles. The zero-order valence-corrected chi connectivity index (χ0v) is 11.8. The first kappa shape index (κ1) is 14.9. The average Bonchev–Trinajstić information content (AvgIpc) is 2.33. The standard InChI is InChI=1S/C13H21N3OS/c1-10(2)17-8-4-3-6-15-11-5-7-16-12(9-11)13(14)18/h5,7,9-10H,3-4,6,8H2,1-2H3,(H2,14,18)(H,15,16). The minimum Gasteiger partial charge on any atom is -0.388 e.